The van der Waals surface area contributed by atoms with Crippen molar-refractivity contribution in [2.45, 2.75) is 56.2 Å². The van der Waals surface area contributed by atoms with E-state index in [1.165, 1.54) is 47.1 Å². The minimum atomic E-state index is -0.355. The Balaban J connectivity index is 1.42. The van der Waals surface area contributed by atoms with Gasteiger partial charge in [0.25, 0.3) is 0 Å². The summed E-state index contributed by atoms with van der Waals surface area (Å²) >= 11 is 2.74. The van der Waals surface area contributed by atoms with Crippen LogP contribution in [-0.2, 0) is 30.8 Å². The predicted octanol–water partition coefficient (Wildman–Crippen LogP) is 4.50. The van der Waals surface area contributed by atoms with Gasteiger partial charge in [0.2, 0.25) is 5.91 Å². The fraction of sp³-hybridized carbons (Fsp3) is 0.364. The zero-order valence-electron chi connectivity index (χ0n) is 17.4. The minimum absolute atomic E-state index is 0.125. The average Bonchev–Trinajstić information content (AvgIpc) is 3.43. The van der Waals surface area contributed by atoms with Crippen LogP contribution < -0.4 is 10.1 Å². The number of nitrogens with zero attached hydrogens (tertiary/aromatic N) is 4. The Hall–Kier alpha value is -2.65. The number of benzene rings is 1. The van der Waals surface area contributed by atoms with Crippen molar-refractivity contribution in [2.75, 3.05) is 5.32 Å². The van der Waals surface area contributed by atoms with E-state index in [0.717, 1.165) is 18.6 Å². The second kappa shape index (κ2) is 10.1. The number of aromatic nitrogens is 4. The smallest absolute Gasteiger partial charge is 0.239 e. The SMILES string of the molecule is C=CCn1c(COc2ccc3c(c2)CCCC3)nnc1S[C@H](C)C(=O)Nc1nccs1. The summed E-state index contributed by atoms with van der Waals surface area (Å²) in [6.07, 6.45) is 8.21. The Morgan fingerprint density at radius 2 is 2.19 bits per heavy atom. The number of amides is 1. The first kappa shape index (κ1) is 21.6. The maximum Gasteiger partial charge on any atom is 0.239 e. The first-order valence-corrected chi connectivity index (χ1v) is 12.0. The molecule has 4 rings (SSSR count). The van der Waals surface area contributed by atoms with E-state index in [9.17, 15) is 4.79 Å². The number of rotatable bonds is 9. The molecule has 3 aromatic rings. The van der Waals surface area contributed by atoms with E-state index < -0.39 is 0 Å². The number of allylic oxidation sites excluding steroid dienone is 1. The lowest BCUT2D eigenvalue weighted by Crippen LogP contribution is -2.23. The van der Waals surface area contributed by atoms with E-state index in [-0.39, 0.29) is 11.2 Å². The van der Waals surface area contributed by atoms with E-state index in [0.29, 0.717) is 29.3 Å². The van der Waals surface area contributed by atoms with Gasteiger partial charge in [0.05, 0.1) is 5.25 Å². The van der Waals surface area contributed by atoms with Crippen molar-refractivity contribution in [3.63, 3.8) is 0 Å². The van der Waals surface area contributed by atoms with Crippen LogP contribution in [0, 0.1) is 0 Å². The van der Waals surface area contributed by atoms with Crippen molar-refractivity contribution in [3.05, 3.63) is 59.4 Å². The molecular formula is C22H25N5O2S2. The lowest BCUT2D eigenvalue weighted by Gasteiger charge is -2.17. The van der Waals surface area contributed by atoms with Gasteiger partial charge in [0.15, 0.2) is 16.1 Å². The maximum atomic E-state index is 12.5. The normalized spacial score (nSPS) is 14.0. The van der Waals surface area contributed by atoms with Gasteiger partial charge < -0.3 is 10.1 Å². The van der Waals surface area contributed by atoms with Crippen molar-refractivity contribution in [2.24, 2.45) is 0 Å². The summed E-state index contributed by atoms with van der Waals surface area (Å²) in [5.74, 6) is 1.42. The van der Waals surface area contributed by atoms with Crippen LogP contribution in [0.5, 0.6) is 5.75 Å². The van der Waals surface area contributed by atoms with E-state index in [4.69, 9.17) is 4.74 Å². The number of hydrogen-bond acceptors (Lipinski definition) is 7. The van der Waals surface area contributed by atoms with E-state index in [1.807, 2.05) is 22.9 Å². The molecule has 1 amide bonds. The average molecular weight is 456 g/mol. The highest BCUT2D eigenvalue weighted by Crippen LogP contribution is 2.27. The number of anilines is 1. The van der Waals surface area contributed by atoms with Crippen LogP contribution >= 0.6 is 23.1 Å². The molecule has 2 aromatic heterocycles. The number of thioether (sulfide) groups is 1. The first-order valence-electron chi connectivity index (χ1n) is 10.3. The first-order chi connectivity index (χ1) is 15.1. The molecule has 1 aliphatic rings. The van der Waals surface area contributed by atoms with Crippen molar-refractivity contribution in [1.29, 1.82) is 0 Å². The third kappa shape index (κ3) is 5.34. The number of carbonyl (C=O) groups excluding carboxylic acids is 1. The highest BCUT2D eigenvalue weighted by Gasteiger charge is 2.21. The van der Waals surface area contributed by atoms with Crippen LogP contribution in [0.2, 0.25) is 0 Å². The predicted molar refractivity (Wildman–Crippen MR) is 124 cm³/mol. The third-order valence-electron chi connectivity index (χ3n) is 5.11. The summed E-state index contributed by atoms with van der Waals surface area (Å²) in [6, 6.07) is 6.34. The topological polar surface area (TPSA) is 81.9 Å². The minimum Gasteiger partial charge on any atom is -0.486 e. The molecule has 0 saturated heterocycles. The monoisotopic (exact) mass is 455 g/mol. The Morgan fingerprint density at radius 1 is 1.35 bits per heavy atom. The largest absolute Gasteiger partial charge is 0.486 e. The van der Waals surface area contributed by atoms with E-state index >= 15 is 0 Å². The van der Waals surface area contributed by atoms with Gasteiger partial charge in [-0.05, 0) is 55.9 Å². The molecule has 0 bridgehead atoms. The molecule has 0 spiro atoms. The molecule has 162 valence electrons. The molecule has 1 atom stereocenters. The Kier molecular flexibility index (Phi) is 7.03. The molecule has 1 N–H and O–H groups in total. The van der Waals surface area contributed by atoms with Gasteiger partial charge in [-0.25, -0.2) is 4.98 Å². The second-order valence-corrected chi connectivity index (χ2v) is 9.51. The van der Waals surface area contributed by atoms with Crippen LogP contribution in [0.1, 0.15) is 36.7 Å². The van der Waals surface area contributed by atoms with Crippen LogP contribution in [0.25, 0.3) is 0 Å². The number of carbonyl (C=O) groups is 1. The molecule has 31 heavy (non-hydrogen) atoms. The van der Waals surface area contributed by atoms with Crippen LogP contribution in [-0.4, -0.2) is 30.9 Å². The molecule has 7 nitrogen and oxygen atoms in total. The number of thiazole rings is 1. The highest BCUT2D eigenvalue weighted by molar-refractivity contribution is 8.00. The number of ether oxygens (including phenoxy) is 1. The van der Waals surface area contributed by atoms with Crippen molar-refractivity contribution in [3.8, 4) is 5.75 Å². The lowest BCUT2D eigenvalue weighted by molar-refractivity contribution is -0.115. The lowest BCUT2D eigenvalue weighted by atomic mass is 9.92. The molecule has 1 aliphatic carbocycles. The molecule has 2 heterocycles. The standard InChI is InChI=1S/C22H25N5O2S2/c1-3-11-27-19(14-29-18-9-8-16-6-4-5-7-17(16)13-18)25-26-22(27)31-15(2)20(28)24-21-23-10-12-30-21/h3,8-10,12-13,15H,1,4-7,11,14H2,2H3,(H,23,24,28)/t15-/m1/s1. The quantitative estimate of drug-likeness (QED) is 0.378. The fourth-order valence-electron chi connectivity index (χ4n) is 3.48. The van der Waals surface area contributed by atoms with Gasteiger partial charge in [-0.1, -0.05) is 23.9 Å². The van der Waals surface area contributed by atoms with Crippen LogP contribution in [0.4, 0.5) is 5.13 Å². The van der Waals surface area contributed by atoms with Gasteiger partial charge in [-0.3, -0.25) is 9.36 Å². The zero-order valence-corrected chi connectivity index (χ0v) is 19.0. The Morgan fingerprint density at radius 3 is 2.97 bits per heavy atom. The Labute approximate surface area is 189 Å². The molecule has 0 unspecified atom stereocenters. The van der Waals surface area contributed by atoms with Gasteiger partial charge in [-0.2, -0.15) is 0 Å². The molecule has 0 radical (unpaired) electrons. The van der Waals surface area contributed by atoms with Crippen LogP contribution in [0.3, 0.4) is 0 Å². The molecule has 9 heteroatoms. The zero-order chi connectivity index (χ0) is 21.6. The van der Waals surface area contributed by atoms with Crippen molar-refractivity contribution < 1.29 is 9.53 Å². The summed E-state index contributed by atoms with van der Waals surface area (Å²) < 4.78 is 7.96. The van der Waals surface area contributed by atoms with Crippen molar-refractivity contribution >= 4 is 34.1 Å². The summed E-state index contributed by atoms with van der Waals surface area (Å²) in [7, 11) is 0. The molecular weight excluding hydrogens is 430 g/mol. The number of nitrogens with one attached hydrogen (secondary N) is 1. The number of fused-ring (bicyclic) bond motifs is 1. The van der Waals surface area contributed by atoms with Crippen LogP contribution in [0.15, 0.2) is 47.6 Å². The number of hydrogen-bond donors (Lipinski definition) is 1. The summed E-state index contributed by atoms with van der Waals surface area (Å²) in [5.41, 5.74) is 2.81. The summed E-state index contributed by atoms with van der Waals surface area (Å²) in [4.78, 5) is 16.5. The Bertz CT molecular complexity index is 1050. The molecule has 0 fully saturated rings. The highest BCUT2D eigenvalue weighted by atomic mass is 32.2. The third-order valence-corrected chi connectivity index (χ3v) is 6.88. The van der Waals surface area contributed by atoms with Gasteiger partial charge in [-0.15, -0.1) is 28.1 Å². The van der Waals surface area contributed by atoms with Gasteiger partial charge in [0.1, 0.15) is 12.4 Å². The molecule has 1 aromatic carbocycles. The second-order valence-electron chi connectivity index (χ2n) is 7.31. The van der Waals surface area contributed by atoms with Gasteiger partial charge >= 0.3 is 0 Å². The summed E-state index contributed by atoms with van der Waals surface area (Å²) in [6.45, 7) is 6.52. The fourth-order valence-corrected chi connectivity index (χ4v) is 4.89. The van der Waals surface area contributed by atoms with Crippen molar-refractivity contribution in [1.82, 2.24) is 19.7 Å². The summed E-state index contributed by atoms with van der Waals surface area (Å²) in [5, 5.41) is 14.1. The molecule has 0 saturated carbocycles. The molecule has 0 aliphatic heterocycles. The van der Waals surface area contributed by atoms with Gasteiger partial charge in [0, 0.05) is 18.1 Å². The maximum absolute atomic E-state index is 12.5. The number of aryl methyl sites for hydroxylation is 2. The van der Waals surface area contributed by atoms with E-state index in [2.05, 4.69) is 39.2 Å². The van der Waals surface area contributed by atoms with E-state index in [1.54, 1.807) is 12.3 Å².